The third-order valence-electron chi connectivity index (χ3n) is 4.17. The van der Waals surface area contributed by atoms with Crippen LogP contribution >= 0.6 is 15.9 Å². The average Bonchev–Trinajstić information content (AvgIpc) is 2.48. The van der Waals surface area contributed by atoms with E-state index in [2.05, 4.69) is 52.9 Å². The minimum absolute atomic E-state index is 0.227. The lowest BCUT2D eigenvalue weighted by Crippen LogP contribution is -2.40. The number of anilines is 1. The highest BCUT2D eigenvalue weighted by Gasteiger charge is 2.22. The van der Waals surface area contributed by atoms with Gasteiger partial charge in [0.25, 0.3) is 0 Å². The van der Waals surface area contributed by atoms with Crippen molar-refractivity contribution in [3.05, 3.63) is 28.2 Å². The Kier molecular flexibility index (Phi) is 6.52. The van der Waals surface area contributed by atoms with Crippen molar-refractivity contribution in [1.82, 2.24) is 0 Å². The third kappa shape index (κ3) is 4.70. The van der Waals surface area contributed by atoms with Gasteiger partial charge in [-0.1, -0.05) is 22.9 Å². The highest BCUT2D eigenvalue weighted by atomic mass is 79.9. The molecule has 1 aromatic rings. The maximum absolute atomic E-state index is 6.17. The summed E-state index contributed by atoms with van der Waals surface area (Å²) in [6, 6.07) is 6.79. The van der Waals surface area contributed by atoms with Gasteiger partial charge in [-0.25, -0.2) is 0 Å². The Labute approximate surface area is 137 Å². The molecular formula is C17H27BrN2O. The van der Waals surface area contributed by atoms with Crippen LogP contribution < -0.4 is 10.6 Å². The van der Waals surface area contributed by atoms with Gasteiger partial charge in [-0.15, -0.1) is 0 Å². The van der Waals surface area contributed by atoms with Gasteiger partial charge in [-0.3, -0.25) is 0 Å². The molecule has 2 atom stereocenters. The molecule has 3 nitrogen and oxygen atoms in total. The van der Waals surface area contributed by atoms with Crippen LogP contribution in [0.5, 0.6) is 0 Å². The van der Waals surface area contributed by atoms with Gasteiger partial charge in [0.05, 0.1) is 6.10 Å². The van der Waals surface area contributed by atoms with Gasteiger partial charge >= 0.3 is 0 Å². The first-order chi connectivity index (χ1) is 10.1. The van der Waals surface area contributed by atoms with Crippen LogP contribution in [-0.2, 0) is 11.2 Å². The monoisotopic (exact) mass is 354 g/mol. The zero-order valence-corrected chi connectivity index (χ0v) is 14.7. The summed E-state index contributed by atoms with van der Waals surface area (Å²) in [7, 11) is 0. The van der Waals surface area contributed by atoms with Crippen molar-refractivity contribution in [1.29, 1.82) is 0 Å². The fourth-order valence-corrected chi connectivity index (χ4v) is 3.39. The average molecular weight is 355 g/mol. The maximum Gasteiger partial charge on any atom is 0.0750 e. The largest absolute Gasteiger partial charge is 0.377 e. The third-order valence-corrected chi connectivity index (χ3v) is 4.66. The molecule has 1 aliphatic rings. The highest BCUT2D eigenvalue weighted by molar-refractivity contribution is 9.10. The van der Waals surface area contributed by atoms with Gasteiger partial charge in [-0.05, 0) is 56.4 Å². The van der Waals surface area contributed by atoms with Crippen LogP contribution in [0.1, 0.15) is 38.7 Å². The minimum atomic E-state index is 0.227. The second-order valence-electron chi connectivity index (χ2n) is 5.81. The van der Waals surface area contributed by atoms with E-state index in [1.54, 1.807) is 0 Å². The number of piperidine rings is 1. The molecule has 1 aliphatic heterocycles. The Morgan fingerprint density at radius 1 is 1.43 bits per heavy atom. The van der Waals surface area contributed by atoms with Crippen molar-refractivity contribution < 1.29 is 4.74 Å². The molecule has 0 saturated carbocycles. The van der Waals surface area contributed by atoms with E-state index < -0.39 is 0 Å². The second kappa shape index (κ2) is 8.16. The number of nitrogens with two attached hydrogens (primary N) is 1. The fraction of sp³-hybridized carbons (Fsp3) is 0.647. The molecule has 0 aliphatic carbocycles. The van der Waals surface area contributed by atoms with E-state index in [-0.39, 0.29) is 6.04 Å². The summed E-state index contributed by atoms with van der Waals surface area (Å²) in [6.07, 6.45) is 4.67. The van der Waals surface area contributed by atoms with Crippen LogP contribution in [0.2, 0.25) is 0 Å². The van der Waals surface area contributed by atoms with Crippen LogP contribution in [0, 0.1) is 0 Å². The first kappa shape index (κ1) is 16.8. The van der Waals surface area contributed by atoms with Gasteiger partial charge in [0.2, 0.25) is 0 Å². The molecule has 0 amide bonds. The number of hydrogen-bond acceptors (Lipinski definition) is 3. The number of nitrogens with zero attached hydrogens (tertiary/aromatic N) is 1. The number of rotatable bonds is 6. The summed E-state index contributed by atoms with van der Waals surface area (Å²) in [4.78, 5) is 2.47. The maximum atomic E-state index is 6.17. The Morgan fingerprint density at radius 2 is 2.24 bits per heavy atom. The molecule has 2 N–H and O–H groups in total. The predicted octanol–water partition coefficient (Wildman–Crippen LogP) is 3.73. The van der Waals surface area contributed by atoms with Gasteiger partial charge < -0.3 is 15.4 Å². The van der Waals surface area contributed by atoms with Crippen molar-refractivity contribution in [3.8, 4) is 0 Å². The minimum Gasteiger partial charge on any atom is -0.377 e. The molecule has 118 valence electrons. The van der Waals surface area contributed by atoms with Crippen LogP contribution in [-0.4, -0.2) is 31.8 Å². The SMILES string of the molecule is CCOC1CCCN(c2ccc(Br)cc2CC(N)CC)C1. The smallest absolute Gasteiger partial charge is 0.0750 e. The number of hydrogen-bond donors (Lipinski definition) is 1. The van der Waals surface area contributed by atoms with Crippen LogP contribution in [0.3, 0.4) is 0 Å². The molecule has 0 bridgehead atoms. The second-order valence-corrected chi connectivity index (χ2v) is 6.73. The molecular weight excluding hydrogens is 328 g/mol. The summed E-state index contributed by atoms with van der Waals surface area (Å²) in [5.41, 5.74) is 8.84. The van der Waals surface area contributed by atoms with E-state index in [1.807, 2.05) is 0 Å². The van der Waals surface area contributed by atoms with Crippen molar-refractivity contribution in [2.45, 2.75) is 51.7 Å². The molecule has 1 saturated heterocycles. The van der Waals surface area contributed by atoms with E-state index in [4.69, 9.17) is 10.5 Å². The van der Waals surface area contributed by atoms with Crippen molar-refractivity contribution in [3.63, 3.8) is 0 Å². The Bertz CT molecular complexity index is 450. The summed E-state index contributed by atoms with van der Waals surface area (Å²) in [5.74, 6) is 0. The number of halogens is 1. The topological polar surface area (TPSA) is 38.5 Å². The lowest BCUT2D eigenvalue weighted by molar-refractivity contribution is 0.0526. The molecule has 0 radical (unpaired) electrons. The molecule has 1 fully saturated rings. The predicted molar refractivity (Wildman–Crippen MR) is 93.0 cm³/mol. The highest BCUT2D eigenvalue weighted by Crippen LogP contribution is 2.29. The van der Waals surface area contributed by atoms with Gasteiger partial charge in [0.15, 0.2) is 0 Å². The van der Waals surface area contributed by atoms with Crippen molar-refractivity contribution in [2.24, 2.45) is 5.73 Å². The van der Waals surface area contributed by atoms with Gasteiger partial charge in [-0.2, -0.15) is 0 Å². The summed E-state index contributed by atoms with van der Waals surface area (Å²) in [6.45, 7) is 7.12. The fourth-order valence-electron chi connectivity index (χ4n) is 2.98. The Hall–Kier alpha value is -0.580. The normalized spacial score (nSPS) is 20.6. The molecule has 1 aromatic carbocycles. The zero-order chi connectivity index (χ0) is 15.2. The lowest BCUT2D eigenvalue weighted by Gasteiger charge is -2.35. The van der Waals surface area contributed by atoms with Crippen LogP contribution in [0.15, 0.2) is 22.7 Å². The van der Waals surface area contributed by atoms with E-state index in [0.29, 0.717) is 6.10 Å². The summed E-state index contributed by atoms with van der Waals surface area (Å²) in [5, 5.41) is 0. The standard InChI is InChI=1S/C17H27BrN2O/c1-3-15(19)11-13-10-14(18)7-8-17(13)20-9-5-6-16(12-20)21-4-2/h7-8,10,15-16H,3-6,9,11-12,19H2,1-2H3. The molecule has 4 heteroatoms. The Morgan fingerprint density at radius 3 is 2.95 bits per heavy atom. The summed E-state index contributed by atoms with van der Waals surface area (Å²) < 4.78 is 6.95. The zero-order valence-electron chi connectivity index (χ0n) is 13.1. The van der Waals surface area contributed by atoms with Crippen LogP contribution in [0.25, 0.3) is 0 Å². The molecule has 0 spiro atoms. The van der Waals surface area contributed by atoms with Crippen molar-refractivity contribution in [2.75, 3.05) is 24.6 Å². The molecule has 21 heavy (non-hydrogen) atoms. The van der Waals surface area contributed by atoms with Crippen LogP contribution in [0.4, 0.5) is 5.69 Å². The summed E-state index contributed by atoms with van der Waals surface area (Å²) >= 11 is 3.58. The van der Waals surface area contributed by atoms with E-state index >= 15 is 0 Å². The molecule has 0 aromatic heterocycles. The number of benzene rings is 1. The first-order valence-corrected chi connectivity index (χ1v) is 8.83. The number of ether oxygens (including phenoxy) is 1. The first-order valence-electron chi connectivity index (χ1n) is 8.04. The van der Waals surface area contributed by atoms with Gasteiger partial charge in [0, 0.05) is 35.9 Å². The Balaban J connectivity index is 2.17. The quantitative estimate of drug-likeness (QED) is 0.845. The molecule has 2 rings (SSSR count). The van der Waals surface area contributed by atoms with Gasteiger partial charge in [0.1, 0.15) is 0 Å². The van der Waals surface area contributed by atoms with E-state index in [9.17, 15) is 0 Å². The molecule has 1 heterocycles. The van der Waals surface area contributed by atoms with E-state index in [0.717, 1.165) is 37.0 Å². The lowest BCUT2D eigenvalue weighted by atomic mass is 10.00. The van der Waals surface area contributed by atoms with Crippen molar-refractivity contribution >= 4 is 21.6 Å². The molecule has 2 unspecified atom stereocenters. The van der Waals surface area contributed by atoms with E-state index in [1.165, 1.54) is 24.1 Å².